The number of carbonyl (C=O) groups is 1. The lowest BCUT2D eigenvalue weighted by molar-refractivity contribution is 0.0896. The molecule has 5 rings (SSSR count). The molecular weight excluding hydrogens is 496 g/mol. The summed E-state index contributed by atoms with van der Waals surface area (Å²) in [6.45, 7) is 5.85. The van der Waals surface area contributed by atoms with Gasteiger partial charge in [-0.05, 0) is 112 Å². The van der Waals surface area contributed by atoms with Crippen LogP contribution in [0.5, 0.6) is 5.75 Å². The quantitative estimate of drug-likeness (QED) is 0.334. The van der Waals surface area contributed by atoms with Gasteiger partial charge in [0, 0.05) is 34.5 Å². The molecule has 0 spiro atoms. The predicted molar refractivity (Wildman–Crippen MR) is 156 cm³/mol. The molecule has 2 aliphatic heterocycles. The summed E-state index contributed by atoms with van der Waals surface area (Å²) in [6.07, 6.45) is 6.67. The summed E-state index contributed by atoms with van der Waals surface area (Å²) in [5.41, 5.74) is 4.25. The summed E-state index contributed by atoms with van der Waals surface area (Å²) in [5, 5.41) is 6.99. The van der Waals surface area contributed by atoms with Crippen molar-refractivity contribution in [2.75, 3.05) is 43.9 Å². The second kappa shape index (κ2) is 12.7. The zero-order valence-corrected chi connectivity index (χ0v) is 22.8. The van der Waals surface area contributed by atoms with Crippen molar-refractivity contribution in [3.63, 3.8) is 0 Å². The number of halogens is 1. The van der Waals surface area contributed by atoms with E-state index in [4.69, 9.17) is 16.3 Å². The van der Waals surface area contributed by atoms with Crippen molar-refractivity contribution < 1.29 is 9.53 Å². The number of methoxy groups -OCH3 is 1. The van der Waals surface area contributed by atoms with E-state index in [0.717, 1.165) is 42.7 Å². The third-order valence-corrected chi connectivity index (χ3v) is 7.92. The van der Waals surface area contributed by atoms with Gasteiger partial charge in [-0.15, -0.1) is 0 Å². The van der Waals surface area contributed by atoms with Crippen molar-refractivity contribution in [2.45, 2.75) is 44.7 Å². The van der Waals surface area contributed by atoms with Crippen molar-refractivity contribution >= 4 is 34.6 Å². The smallest absolute Gasteiger partial charge is 0.255 e. The third kappa shape index (κ3) is 6.87. The lowest BCUT2D eigenvalue weighted by Gasteiger charge is -2.40. The number of nitrogens with zero attached hydrogens (tertiary/aromatic N) is 2. The molecule has 3 aromatic carbocycles. The van der Waals surface area contributed by atoms with Gasteiger partial charge in [0.25, 0.3) is 5.91 Å². The van der Waals surface area contributed by atoms with Gasteiger partial charge < -0.3 is 20.3 Å². The Morgan fingerprint density at radius 1 is 0.895 bits per heavy atom. The molecule has 2 fully saturated rings. The summed E-state index contributed by atoms with van der Waals surface area (Å²) in [7, 11) is 1.60. The van der Waals surface area contributed by atoms with Gasteiger partial charge in [-0.1, -0.05) is 30.2 Å². The minimum atomic E-state index is -0.172. The first-order chi connectivity index (χ1) is 18.6. The van der Waals surface area contributed by atoms with Crippen LogP contribution in [0, 0.1) is 0 Å². The number of nitrogens with one attached hydrogen (secondary N) is 2. The molecule has 3 aromatic rings. The van der Waals surface area contributed by atoms with Crippen LogP contribution in [0.4, 0.5) is 17.1 Å². The molecule has 0 bridgehead atoms. The van der Waals surface area contributed by atoms with Crippen LogP contribution in [0.3, 0.4) is 0 Å². The Morgan fingerprint density at radius 3 is 2.26 bits per heavy atom. The summed E-state index contributed by atoms with van der Waals surface area (Å²) >= 11 is 5.98. The Balaban J connectivity index is 1.13. The molecule has 2 aliphatic rings. The minimum absolute atomic E-state index is 0.172. The van der Waals surface area contributed by atoms with Crippen LogP contribution in [-0.2, 0) is 6.54 Å². The molecule has 1 amide bonds. The molecule has 7 heteroatoms. The van der Waals surface area contributed by atoms with Crippen LogP contribution in [0.15, 0.2) is 66.7 Å². The lowest BCUT2D eigenvalue weighted by Crippen LogP contribution is -2.46. The zero-order valence-electron chi connectivity index (χ0n) is 22.1. The van der Waals surface area contributed by atoms with E-state index in [2.05, 4.69) is 32.6 Å². The van der Waals surface area contributed by atoms with Crippen LogP contribution >= 0.6 is 11.6 Å². The van der Waals surface area contributed by atoms with Crippen molar-refractivity contribution in [1.29, 1.82) is 0 Å². The highest BCUT2D eigenvalue weighted by Crippen LogP contribution is 2.30. The average Bonchev–Trinajstić information content (AvgIpc) is 2.96. The number of hydrogen-bond acceptors (Lipinski definition) is 5. The van der Waals surface area contributed by atoms with Crippen LogP contribution in [-0.4, -0.2) is 55.0 Å². The fraction of sp³-hybridized carbons (Fsp3) is 0.387. The number of carbonyl (C=O) groups excluding carboxylic acids is 1. The molecule has 6 nitrogen and oxygen atoms in total. The van der Waals surface area contributed by atoms with E-state index in [-0.39, 0.29) is 5.91 Å². The number of piperidine rings is 2. The number of amides is 1. The number of likely N-dealkylation sites (tertiary alicyclic amines) is 2. The van der Waals surface area contributed by atoms with E-state index in [1.807, 2.05) is 42.5 Å². The second-order valence-corrected chi connectivity index (χ2v) is 10.7. The maximum Gasteiger partial charge on any atom is 0.255 e. The molecule has 2 saturated heterocycles. The predicted octanol–water partition coefficient (Wildman–Crippen LogP) is 6.79. The monoisotopic (exact) mass is 532 g/mol. The molecule has 0 unspecified atom stereocenters. The molecule has 0 atom stereocenters. The molecule has 0 radical (unpaired) electrons. The molecular formula is C31H37ClN4O2. The SMILES string of the molecule is COc1cc(C(=O)Nc2ccc(CN3CCC(N4CCCCC4)CC3)cc2)ccc1Nc1ccc(Cl)cc1. The number of ether oxygens (including phenoxy) is 1. The standard InChI is InChI=1S/C31H37ClN4O2/c1-38-30-21-24(7-14-29(30)33-26-12-8-25(32)9-13-26)31(37)34-27-10-5-23(6-11-27)22-35-19-15-28(16-20-35)36-17-3-2-4-18-36/h5-14,21,28,33H,2-4,15-20,22H2,1H3,(H,34,37). The Labute approximate surface area is 230 Å². The third-order valence-electron chi connectivity index (χ3n) is 7.67. The van der Waals surface area contributed by atoms with Gasteiger partial charge in [-0.3, -0.25) is 9.69 Å². The summed E-state index contributed by atoms with van der Waals surface area (Å²) in [6, 6.07) is 21.8. The summed E-state index contributed by atoms with van der Waals surface area (Å²) < 4.78 is 5.54. The normalized spacial score (nSPS) is 17.2. The van der Waals surface area contributed by atoms with Gasteiger partial charge in [0.05, 0.1) is 12.8 Å². The van der Waals surface area contributed by atoms with Crippen molar-refractivity contribution in [1.82, 2.24) is 9.80 Å². The Kier molecular flexibility index (Phi) is 8.84. The maximum atomic E-state index is 12.9. The number of benzene rings is 3. The van der Waals surface area contributed by atoms with E-state index < -0.39 is 0 Å². The average molecular weight is 533 g/mol. The second-order valence-electron chi connectivity index (χ2n) is 10.3. The number of hydrogen-bond donors (Lipinski definition) is 2. The number of rotatable bonds is 8. The minimum Gasteiger partial charge on any atom is -0.495 e. The van der Waals surface area contributed by atoms with Gasteiger partial charge in [-0.25, -0.2) is 0 Å². The Hall–Kier alpha value is -3.06. The molecule has 0 aromatic heterocycles. The Morgan fingerprint density at radius 2 is 1.58 bits per heavy atom. The van der Waals surface area contributed by atoms with Gasteiger partial charge >= 0.3 is 0 Å². The summed E-state index contributed by atoms with van der Waals surface area (Å²) in [4.78, 5) is 18.2. The first kappa shape index (κ1) is 26.5. The van der Waals surface area contributed by atoms with Crippen molar-refractivity contribution in [3.05, 3.63) is 82.9 Å². The van der Waals surface area contributed by atoms with Crippen LogP contribution in [0.2, 0.25) is 5.02 Å². The topological polar surface area (TPSA) is 56.8 Å². The van der Waals surface area contributed by atoms with E-state index in [1.165, 1.54) is 50.8 Å². The molecule has 38 heavy (non-hydrogen) atoms. The first-order valence-electron chi connectivity index (χ1n) is 13.6. The van der Waals surface area contributed by atoms with Gasteiger partial charge in [-0.2, -0.15) is 0 Å². The van der Waals surface area contributed by atoms with Gasteiger partial charge in [0.1, 0.15) is 5.75 Å². The van der Waals surface area contributed by atoms with Gasteiger partial charge in [0.2, 0.25) is 0 Å². The molecule has 0 saturated carbocycles. The molecule has 200 valence electrons. The highest BCUT2D eigenvalue weighted by molar-refractivity contribution is 6.30. The van der Waals surface area contributed by atoms with Crippen LogP contribution < -0.4 is 15.4 Å². The molecule has 0 aliphatic carbocycles. The van der Waals surface area contributed by atoms with Crippen molar-refractivity contribution in [3.8, 4) is 5.75 Å². The highest BCUT2D eigenvalue weighted by Gasteiger charge is 2.25. The molecule has 2 N–H and O–H groups in total. The van der Waals surface area contributed by atoms with E-state index in [0.29, 0.717) is 16.3 Å². The number of anilines is 3. The first-order valence-corrected chi connectivity index (χ1v) is 14.0. The molecule has 2 heterocycles. The van der Waals surface area contributed by atoms with Crippen molar-refractivity contribution in [2.24, 2.45) is 0 Å². The van der Waals surface area contributed by atoms with Crippen LogP contribution in [0.1, 0.15) is 48.0 Å². The lowest BCUT2D eigenvalue weighted by atomic mass is 9.99. The van der Waals surface area contributed by atoms with E-state index in [9.17, 15) is 4.79 Å². The fourth-order valence-electron chi connectivity index (χ4n) is 5.51. The van der Waals surface area contributed by atoms with Gasteiger partial charge in [0.15, 0.2) is 0 Å². The van der Waals surface area contributed by atoms with E-state index in [1.54, 1.807) is 19.2 Å². The van der Waals surface area contributed by atoms with E-state index >= 15 is 0 Å². The highest BCUT2D eigenvalue weighted by atomic mass is 35.5. The Bertz CT molecular complexity index is 1200. The maximum absolute atomic E-state index is 12.9. The largest absolute Gasteiger partial charge is 0.495 e. The fourth-order valence-corrected chi connectivity index (χ4v) is 5.63. The zero-order chi connectivity index (χ0) is 26.3. The summed E-state index contributed by atoms with van der Waals surface area (Å²) in [5.74, 6) is 0.417. The van der Waals surface area contributed by atoms with Crippen LogP contribution in [0.25, 0.3) is 0 Å².